The van der Waals surface area contributed by atoms with Crippen LogP contribution in [0.3, 0.4) is 0 Å². The van der Waals surface area contributed by atoms with Crippen LogP contribution < -0.4 is 4.90 Å². The van der Waals surface area contributed by atoms with Crippen molar-refractivity contribution in [3.63, 3.8) is 0 Å². The molecule has 0 bridgehead atoms. The third kappa shape index (κ3) is 2.54. The molecule has 0 aromatic heterocycles. The SMILES string of the molecule is OCc1ccc(N2CCCCc3ccccc32)cc1Cl. The van der Waals surface area contributed by atoms with Crippen LogP contribution in [0.5, 0.6) is 0 Å². The summed E-state index contributed by atoms with van der Waals surface area (Å²) < 4.78 is 0. The Morgan fingerprint density at radius 1 is 1.10 bits per heavy atom. The van der Waals surface area contributed by atoms with Gasteiger partial charge in [-0.1, -0.05) is 35.9 Å². The van der Waals surface area contributed by atoms with Gasteiger partial charge in [-0.15, -0.1) is 0 Å². The highest BCUT2D eigenvalue weighted by Crippen LogP contribution is 2.34. The van der Waals surface area contributed by atoms with Gasteiger partial charge >= 0.3 is 0 Å². The second-order valence-corrected chi connectivity index (χ2v) is 5.58. The maximum absolute atomic E-state index is 9.22. The Hall–Kier alpha value is -1.51. The lowest BCUT2D eigenvalue weighted by atomic mass is 10.1. The van der Waals surface area contributed by atoms with Crippen molar-refractivity contribution in [1.29, 1.82) is 0 Å². The Kier molecular flexibility index (Phi) is 3.95. The third-order valence-corrected chi connectivity index (χ3v) is 4.23. The maximum atomic E-state index is 9.22. The van der Waals surface area contributed by atoms with Crippen molar-refractivity contribution in [3.05, 3.63) is 58.6 Å². The average Bonchev–Trinajstić information content (AvgIpc) is 2.69. The quantitative estimate of drug-likeness (QED) is 0.890. The second-order valence-electron chi connectivity index (χ2n) is 5.17. The first-order chi connectivity index (χ1) is 9.79. The number of hydrogen-bond donors (Lipinski definition) is 1. The van der Waals surface area contributed by atoms with Gasteiger partial charge in [-0.2, -0.15) is 0 Å². The van der Waals surface area contributed by atoms with Crippen LogP contribution in [0.1, 0.15) is 24.0 Å². The van der Waals surface area contributed by atoms with Crippen molar-refractivity contribution in [1.82, 2.24) is 0 Å². The van der Waals surface area contributed by atoms with Gasteiger partial charge in [0.05, 0.1) is 6.61 Å². The van der Waals surface area contributed by atoms with Crippen molar-refractivity contribution in [2.45, 2.75) is 25.9 Å². The summed E-state index contributed by atoms with van der Waals surface area (Å²) in [5.74, 6) is 0. The Labute approximate surface area is 124 Å². The van der Waals surface area contributed by atoms with Crippen LogP contribution in [0, 0.1) is 0 Å². The number of hydrogen-bond acceptors (Lipinski definition) is 2. The summed E-state index contributed by atoms with van der Waals surface area (Å²) in [6.07, 6.45) is 3.53. The van der Waals surface area contributed by atoms with E-state index in [0.29, 0.717) is 5.02 Å². The summed E-state index contributed by atoms with van der Waals surface area (Å²) in [5, 5.41) is 9.86. The molecule has 20 heavy (non-hydrogen) atoms. The molecule has 0 spiro atoms. The first-order valence-corrected chi connectivity index (χ1v) is 7.42. The van der Waals surface area contributed by atoms with Gasteiger partial charge in [0.15, 0.2) is 0 Å². The Morgan fingerprint density at radius 2 is 1.95 bits per heavy atom. The largest absolute Gasteiger partial charge is 0.392 e. The lowest BCUT2D eigenvalue weighted by Gasteiger charge is -2.25. The third-order valence-electron chi connectivity index (χ3n) is 3.88. The van der Waals surface area contributed by atoms with Gasteiger partial charge in [-0.3, -0.25) is 0 Å². The van der Waals surface area contributed by atoms with E-state index in [0.717, 1.165) is 24.2 Å². The van der Waals surface area contributed by atoms with E-state index >= 15 is 0 Å². The molecule has 0 saturated carbocycles. The summed E-state index contributed by atoms with van der Waals surface area (Å²) in [4.78, 5) is 2.33. The van der Waals surface area contributed by atoms with E-state index in [1.54, 1.807) is 0 Å². The molecule has 0 unspecified atom stereocenters. The number of benzene rings is 2. The molecule has 0 fully saturated rings. The smallest absolute Gasteiger partial charge is 0.0696 e. The number of aliphatic hydroxyl groups excluding tert-OH is 1. The van der Waals surface area contributed by atoms with Crippen molar-refractivity contribution in [2.24, 2.45) is 0 Å². The molecule has 2 aromatic rings. The molecule has 0 radical (unpaired) electrons. The number of rotatable bonds is 2. The van der Waals surface area contributed by atoms with Gasteiger partial charge in [-0.25, -0.2) is 0 Å². The van der Waals surface area contributed by atoms with E-state index in [2.05, 4.69) is 29.2 Å². The van der Waals surface area contributed by atoms with Crippen LogP contribution in [0.4, 0.5) is 11.4 Å². The molecule has 1 N–H and O–H groups in total. The zero-order valence-corrected chi connectivity index (χ0v) is 12.1. The highest BCUT2D eigenvalue weighted by atomic mass is 35.5. The first-order valence-electron chi connectivity index (χ1n) is 7.04. The lowest BCUT2D eigenvalue weighted by Crippen LogP contribution is -2.17. The minimum Gasteiger partial charge on any atom is -0.392 e. The molecule has 3 rings (SSSR count). The predicted molar refractivity (Wildman–Crippen MR) is 83.8 cm³/mol. The maximum Gasteiger partial charge on any atom is 0.0696 e. The van der Waals surface area contributed by atoms with Gasteiger partial charge in [0.25, 0.3) is 0 Å². The van der Waals surface area contributed by atoms with E-state index < -0.39 is 0 Å². The fraction of sp³-hybridized carbons (Fsp3) is 0.294. The molecule has 104 valence electrons. The van der Waals surface area contributed by atoms with E-state index in [9.17, 15) is 5.11 Å². The molecule has 3 heteroatoms. The molecule has 0 saturated heterocycles. The van der Waals surface area contributed by atoms with Crippen molar-refractivity contribution in [2.75, 3.05) is 11.4 Å². The minimum absolute atomic E-state index is 0.0182. The minimum atomic E-state index is -0.0182. The van der Waals surface area contributed by atoms with Gasteiger partial charge in [0, 0.05) is 22.9 Å². The summed E-state index contributed by atoms with van der Waals surface area (Å²) in [7, 11) is 0. The number of aliphatic hydroxyl groups is 1. The highest BCUT2D eigenvalue weighted by Gasteiger charge is 2.17. The summed E-state index contributed by atoms with van der Waals surface area (Å²) in [6, 6.07) is 14.5. The fourth-order valence-electron chi connectivity index (χ4n) is 2.79. The van der Waals surface area contributed by atoms with E-state index in [1.807, 2.05) is 18.2 Å². The molecule has 1 aliphatic rings. The molecule has 0 atom stereocenters. The Morgan fingerprint density at radius 3 is 2.75 bits per heavy atom. The number of anilines is 2. The highest BCUT2D eigenvalue weighted by molar-refractivity contribution is 6.31. The van der Waals surface area contributed by atoms with Gasteiger partial charge in [0.1, 0.15) is 0 Å². The number of aryl methyl sites for hydroxylation is 1. The summed E-state index contributed by atoms with van der Waals surface area (Å²) in [6.45, 7) is 0.988. The molecular formula is C17H18ClNO. The van der Waals surface area contributed by atoms with Gasteiger partial charge < -0.3 is 10.0 Å². The van der Waals surface area contributed by atoms with Crippen LogP contribution in [-0.4, -0.2) is 11.7 Å². The Bertz CT molecular complexity index is 612. The van der Waals surface area contributed by atoms with E-state index in [-0.39, 0.29) is 6.61 Å². The molecule has 0 amide bonds. The van der Waals surface area contributed by atoms with Gasteiger partial charge in [-0.05, 0) is 48.6 Å². The fourth-order valence-corrected chi connectivity index (χ4v) is 3.03. The monoisotopic (exact) mass is 287 g/mol. The molecule has 1 heterocycles. The molecular weight excluding hydrogens is 270 g/mol. The zero-order chi connectivity index (χ0) is 13.9. The first kappa shape index (κ1) is 13.5. The molecule has 0 aliphatic carbocycles. The van der Waals surface area contributed by atoms with Crippen molar-refractivity contribution in [3.8, 4) is 0 Å². The normalized spacial score (nSPS) is 14.8. The summed E-state index contributed by atoms with van der Waals surface area (Å²) in [5.41, 5.74) is 4.55. The van der Waals surface area contributed by atoms with E-state index in [4.69, 9.17) is 11.6 Å². The summed E-state index contributed by atoms with van der Waals surface area (Å²) >= 11 is 6.23. The standard InChI is InChI=1S/C17H18ClNO/c18-16-11-15(9-8-14(16)12-20)19-10-4-3-6-13-5-1-2-7-17(13)19/h1-2,5,7-9,11,20H,3-4,6,10,12H2. The van der Waals surface area contributed by atoms with Crippen molar-refractivity contribution < 1.29 is 5.11 Å². The number of halogens is 1. The van der Waals surface area contributed by atoms with Gasteiger partial charge in [0.2, 0.25) is 0 Å². The average molecular weight is 288 g/mol. The Balaban J connectivity index is 2.03. The molecule has 1 aliphatic heterocycles. The van der Waals surface area contributed by atoms with Crippen LogP contribution in [-0.2, 0) is 13.0 Å². The van der Waals surface area contributed by atoms with E-state index in [1.165, 1.54) is 24.1 Å². The lowest BCUT2D eigenvalue weighted by molar-refractivity contribution is 0.282. The predicted octanol–water partition coefficient (Wildman–Crippen LogP) is 4.31. The number of fused-ring (bicyclic) bond motifs is 1. The van der Waals surface area contributed by atoms with Crippen LogP contribution in [0.15, 0.2) is 42.5 Å². The topological polar surface area (TPSA) is 23.5 Å². The second kappa shape index (κ2) is 5.86. The zero-order valence-electron chi connectivity index (χ0n) is 11.3. The number of para-hydroxylation sites is 1. The number of nitrogens with zero attached hydrogens (tertiary/aromatic N) is 1. The van der Waals surface area contributed by atoms with Crippen LogP contribution >= 0.6 is 11.6 Å². The molecule has 2 aromatic carbocycles. The molecule has 2 nitrogen and oxygen atoms in total. The van der Waals surface area contributed by atoms with Crippen LogP contribution in [0.25, 0.3) is 0 Å². The van der Waals surface area contributed by atoms with Crippen LogP contribution in [0.2, 0.25) is 5.02 Å². The van der Waals surface area contributed by atoms with Crippen molar-refractivity contribution >= 4 is 23.0 Å².